The van der Waals surface area contributed by atoms with Gasteiger partial charge in [-0.15, -0.1) is 0 Å². The van der Waals surface area contributed by atoms with E-state index < -0.39 is 17.4 Å². The fourth-order valence-corrected chi connectivity index (χ4v) is 2.12. The van der Waals surface area contributed by atoms with Crippen molar-refractivity contribution < 1.29 is 19.4 Å². The van der Waals surface area contributed by atoms with Crippen molar-refractivity contribution in [1.29, 1.82) is 0 Å². The molecule has 0 fully saturated rings. The molecule has 0 aromatic rings. The van der Waals surface area contributed by atoms with Crippen LogP contribution in [-0.4, -0.2) is 23.1 Å². The van der Waals surface area contributed by atoms with Crippen LogP contribution in [0, 0.1) is 23.2 Å². The minimum atomic E-state index is -1.47. The molecule has 0 amide bonds. The molecule has 0 aliphatic rings. The van der Waals surface area contributed by atoms with Crippen molar-refractivity contribution in [1.82, 2.24) is 0 Å². The second-order valence-electron chi connectivity index (χ2n) is 5.84. The van der Waals surface area contributed by atoms with Crippen LogP contribution in [0.2, 0.25) is 0 Å². The first kappa shape index (κ1) is 16.9. The minimum Gasteiger partial charge on any atom is -0.480 e. The van der Waals surface area contributed by atoms with Crippen LogP contribution in [-0.2, 0) is 14.3 Å². The van der Waals surface area contributed by atoms with E-state index in [0.717, 1.165) is 0 Å². The first-order chi connectivity index (χ1) is 8.08. The molecule has 18 heavy (non-hydrogen) atoms. The van der Waals surface area contributed by atoms with E-state index >= 15 is 0 Å². The topological polar surface area (TPSA) is 63.6 Å². The van der Waals surface area contributed by atoms with Crippen LogP contribution in [0.1, 0.15) is 48.5 Å². The lowest BCUT2D eigenvalue weighted by Gasteiger charge is -2.35. The van der Waals surface area contributed by atoms with E-state index in [4.69, 9.17) is 4.74 Å². The molecule has 106 valence electrons. The Bertz CT molecular complexity index is 297. The van der Waals surface area contributed by atoms with Gasteiger partial charge in [-0.1, -0.05) is 41.5 Å². The maximum absolute atomic E-state index is 12.3. The first-order valence-electron chi connectivity index (χ1n) is 6.52. The van der Waals surface area contributed by atoms with Gasteiger partial charge in [0.2, 0.25) is 0 Å². The second-order valence-corrected chi connectivity index (χ2v) is 5.84. The summed E-state index contributed by atoms with van der Waals surface area (Å²) in [6.45, 7) is 12.6. The molecule has 1 atom stereocenters. The average molecular weight is 258 g/mol. The lowest BCUT2D eigenvalue weighted by molar-refractivity contribution is -0.181. The van der Waals surface area contributed by atoms with Crippen molar-refractivity contribution in [2.45, 2.75) is 54.6 Å². The Morgan fingerprint density at radius 3 is 1.56 bits per heavy atom. The van der Waals surface area contributed by atoms with Gasteiger partial charge in [0, 0.05) is 0 Å². The van der Waals surface area contributed by atoms with Crippen molar-refractivity contribution in [2.24, 2.45) is 23.2 Å². The van der Waals surface area contributed by atoms with Crippen LogP contribution in [0.25, 0.3) is 0 Å². The van der Waals surface area contributed by atoms with Gasteiger partial charge < -0.3 is 9.84 Å². The third-order valence-electron chi connectivity index (χ3n) is 3.74. The summed E-state index contributed by atoms with van der Waals surface area (Å²) in [6.07, 6.45) is -0.284. The molecule has 0 aromatic heterocycles. The Labute approximate surface area is 110 Å². The lowest BCUT2D eigenvalue weighted by Crippen LogP contribution is -2.50. The van der Waals surface area contributed by atoms with Gasteiger partial charge in [0.15, 0.2) is 5.41 Å². The van der Waals surface area contributed by atoms with E-state index in [1.807, 2.05) is 13.8 Å². The number of carbonyl (C=O) groups excluding carboxylic acids is 1. The number of ether oxygens (including phenoxy) is 1. The van der Waals surface area contributed by atoms with Crippen LogP contribution < -0.4 is 0 Å². The summed E-state index contributed by atoms with van der Waals surface area (Å²) in [6, 6.07) is 0. The van der Waals surface area contributed by atoms with Gasteiger partial charge in [0.25, 0.3) is 0 Å². The number of carbonyl (C=O) groups is 2. The number of hydrogen-bond acceptors (Lipinski definition) is 3. The van der Waals surface area contributed by atoms with E-state index in [9.17, 15) is 14.7 Å². The van der Waals surface area contributed by atoms with E-state index in [0.29, 0.717) is 0 Å². The van der Waals surface area contributed by atoms with Crippen LogP contribution >= 0.6 is 0 Å². The molecule has 0 spiro atoms. The van der Waals surface area contributed by atoms with Gasteiger partial charge in [0.05, 0.1) is 0 Å². The number of hydrogen-bond donors (Lipinski definition) is 1. The highest BCUT2D eigenvalue weighted by Crippen LogP contribution is 2.38. The normalized spacial score (nSPS) is 14.1. The largest absolute Gasteiger partial charge is 0.480 e. The number of aliphatic carboxylic acids is 1. The molecule has 1 N–H and O–H groups in total. The highest BCUT2D eigenvalue weighted by Gasteiger charge is 2.53. The van der Waals surface area contributed by atoms with Crippen molar-refractivity contribution in [2.75, 3.05) is 0 Å². The SMILES string of the molecule is CC(C)C(C)OC(=O)C(C(=O)O)(C(C)C)C(C)C. The summed E-state index contributed by atoms with van der Waals surface area (Å²) in [7, 11) is 0. The van der Waals surface area contributed by atoms with Gasteiger partial charge in [0.1, 0.15) is 6.10 Å². The standard InChI is InChI=1S/C14H26O4/c1-8(2)11(7)18-13(17)14(9(3)4,10(5)6)12(15)16/h8-11H,1-7H3,(H,15,16). The predicted octanol–water partition coefficient (Wildman–Crippen LogP) is 2.96. The van der Waals surface area contributed by atoms with Crippen molar-refractivity contribution in [3.63, 3.8) is 0 Å². The molecule has 0 aromatic carbocycles. The molecular weight excluding hydrogens is 232 g/mol. The lowest BCUT2D eigenvalue weighted by atomic mass is 9.69. The summed E-state index contributed by atoms with van der Waals surface area (Å²) in [5.41, 5.74) is -1.47. The van der Waals surface area contributed by atoms with Gasteiger partial charge in [-0.05, 0) is 24.7 Å². The second kappa shape index (κ2) is 6.21. The van der Waals surface area contributed by atoms with Crippen LogP contribution in [0.3, 0.4) is 0 Å². The Hall–Kier alpha value is -1.06. The molecule has 0 heterocycles. The molecule has 0 bridgehead atoms. The predicted molar refractivity (Wildman–Crippen MR) is 70.1 cm³/mol. The molecular formula is C14H26O4. The molecule has 0 radical (unpaired) electrons. The monoisotopic (exact) mass is 258 g/mol. The number of carboxylic acids is 1. The summed E-state index contributed by atoms with van der Waals surface area (Å²) in [5, 5.41) is 9.49. The number of rotatable bonds is 6. The summed E-state index contributed by atoms with van der Waals surface area (Å²) in [5.74, 6) is -2.20. The zero-order chi connectivity index (χ0) is 14.7. The van der Waals surface area contributed by atoms with Gasteiger partial charge in [-0.3, -0.25) is 9.59 Å². The summed E-state index contributed by atoms with van der Waals surface area (Å²) >= 11 is 0. The van der Waals surface area contributed by atoms with E-state index in [2.05, 4.69) is 0 Å². The zero-order valence-corrected chi connectivity index (χ0v) is 12.5. The van der Waals surface area contributed by atoms with E-state index in [1.165, 1.54) is 0 Å². The molecule has 1 unspecified atom stereocenters. The smallest absolute Gasteiger partial charge is 0.324 e. The molecule has 0 saturated carbocycles. The molecule has 0 saturated heterocycles. The third kappa shape index (κ3) is 3.03. The van der Waals surface area contributed by atoms with Gasteiger partial charge in [-0.25, -0.2) is 0 Å². The first-order valence-corrected chi connectivity index (χ1v) is 6.52. The minimum absolute atomic E-state index is 0.166. The van der Waals surface area contributed by atoms with E-state index in [1.54, 1.807) is 34.6 Å². The number of esters is 1. The Balaban J connectivity index is 5.34. The zero-order valence-electron chi connectivity index (χ0n) is 12.5. The fraction of sp³-hybridized carbons (Fsp3) is 0.857. The van der Waals surface area contributed by atoms with Crippen LogP contribution in [0.15, 0.2) is 0 Å². The van der Waals surface area contributed by atoms with Crippen LogP contribution in [0.5, 0.6) is 0 Å². The Morgan fingerprint density at radius 2 is 1.33 bits per heavy atom. The average Bonchev–Trinajstić information content (AvgIpc) is 2.15. The summed E-state index contributed by atoms with van der Waals surface area (Å²) in [4.78, 5) is 23.9. The third-order valence-corrected chi connectivity index (χ3v) is 3.74. The molecule has 0 rings (SSSR count). The number of carboxylic acid groups (broad SMARTS) is 1. The van der Waals surface area contributed by atoms with Crippen LogP contribution in [0.4, 0.5) is 0 Å². The van der Waals surface area contributed by atoms with Gasteiger partial charge in [-0.2, -0.15) is 0 Å². The molecule has 0 aliphatic carbocycles. The molecule has 0 aliphatic heterocycles. The molecule has 4 nitrogen and oxygen atoms in total. The Kier molecular flexibility index (Phi) is 5.84. The quantitative estimate of drug-likeness (QED) is 0.587. The Morgan fingerprint density at radius 1 is 0.944 bits per heavy atom. The van der Waals surface area contributed by atoms with Crippen molar-refractivity contribution in [3.8, 4) is 0 Å². The fourth-order valence-electron chi connectivity index (χ4n) is 2.12. The van der Waals surface area contributed by atoms with E-state index in [-0.39, 0.29) is 23.9 Å². The highest BCUT2D eigenvalue weighted by atomic mass is 16.5. The van der Waals surface area contributed by atoms with Crippen molar-refractivity contribution >= 4 is 11.9 Å². The van der Waals surface area contributed by atoms with Gasteiger partial charge >= 0.3 is 11.9 Å². The summed E-state index contributed by atoms with van der Waals surface area (Å²) < 4.78 is 5.34. The van der Waals surface area contributed by atoms with Crippen molar-refractivity contribution in [3.05, 3.63) is 0 Å². The molecule has 4 heteroatoms. The maximum Gasteiger partial charge on any atom is 0.324 e. The maximum atomic E-state index is 12.3. The highest BCUT2D eigenvalue weighted by molar-refractivity contribution is 5.99.